The first-order valence-electron chi connectivity index (χ1n) is 9.98. The molecule has 0 unspecified atom stereocenters. The predicted molar refractivity (Wildman–Crippen MR) is 114 cm³/mol. The molecule has 1 aliphatic carbocycles. The second-order valence-electron chi connectivity index (χ2n) is 8.67. The lowest BCUT2D eigenvalue weighted by molar-refractivity contribution is 0.0772. The van der Waals surface area contributed by atoms with Gasteiger partial charge >= 0.3 is 6.09 Å². The van der Waals surface area contributed by atoms with Crippen molar-refractivity contribution >= 4 is 22.0 Å². The zero-order valence-electron chi connectivity index (χ0n) is 17.8. The fraction of sp³-hybridized carbons (Fsp3) is 0.524. The van der Waals surface area contributed by atoms with Gasteiger partial charge in [0.05, 0.1) is 17.5 Å². The van der Waals surface area contributed by atoms with E-state index in [2.05, 4.69) is 10.4 Å². The number of amides is 1. The summed E-state index contributed by atoms with van der Waals surface area (Å²) in [4.78, 5) is 12.4. The van der Waals surface area contributed by atoms with E-state index in [0.717, 1.165) is 24.7 Å². The van der Waals surface area contributed by atoms with Gasteiger partial charge in [-0.1, -0.05) is 30.3 Å². The van der Waals surface area contributed by atoms with E-state index in [-0.39, 0.29) is 6.61 Å². The summed E-state index contributed by atoms with van der Waals surface area (Å²) in [5.41, 5.74) is -0.0811. The van der Waals surface area contributed by atoms with Crippen LogP contribution in [-0.4, -0.2) is 30.5 Å². The molecule has 0 aliphatic heterocycles. The van der Waals surface area contributed by atoms with Gasteiger partial charge in [0.25, 0.3) is 10.1 Å². The molecule has 164 valence electrons. The summed E-state index contributed by atoms with van der Waals surface area (Å²) < 4.78 is 36.3. The van der Waals surface area contributed by atoms with E-state index < -0.39 is 27.4 Å². The van der Waals surface area contributed by atoms with Crippen molar-refractivity contribution in [2.75, 3.05) is 11.6 Å². The molecular weight excluding hydrogens is 406 g/mol. The predicted octanol–water partition coefficient (Wildman–Crippen LogP) is 4.13. The lowest BCUT2D eigenvalue weighted by atomic mass is 9.98. The summed E-state index contributed by atoms with van der Waals surface area (Å²) in [7, 11) is -3.68. The SMILES string of the molecule is CC(C)(C)n1nc(C2(OS(C)(=O)=O)CCCC2)cc1NC(=O)OCc1ccccc1. The maximum atomic E-state index is 12.4. The van der Waals surface area contributed by atoms with E-state index in [1.54, 1.807) is 10.7 Å². The molecule has 1 aliphatic rings. The number of ether oxygens (including phenoxy) is 1. The van der Waals surface area contributed by atoms with Crippen LogP contribution in [0.15, 0.2) is 36.4 Å². The molecule has 3 rings (SSSR count). The molecule has 0 bridgehead atoms. The van der Waals surface area contributed by atoms with Crippen molar-refractivity contribution in [3.8, 4) is 0 Å². The zero-order chi connectivity index (χ0) is 22.0. The molecule has 1 amide bonds. The highest BCUT2D eigenvalue weighted by Gasteiger charge is 2.43. The molecule has 1 heterocycles. The third-order valence-electron chi connectivity index (χ3n) is 4.98. The molecule has 30 heavy (non-hydrogen) atoms. The number of aromatic nitrogens is 2. The van der Waals surface area contributed by atoms with E-state index in [1.165, 1.54) is 0 Å². The van der Waals surface area contributed by atoms with Crippen molar-refractivity contribution in [2.24, 2.45) is 0 Å². The average molecular weight is 436 g/mol. The van der Waals surface area contributed by atoms with Gasteiger partial charge in [0.1, 0.15) is 18.0 Å². The first kappa shape index (κ1) is 22.3. The molecule has 2 aromatic rings. The number of hydrogen-bond donors (Lipinski definition) is 1. The van der Waals surface area contributed by atoms with Crippen molar-refractivity contribution < 1.29 is 22.1 Å². The van der Waals surface area contributed by atoms with Crippen molar-refractivity contribution in [1.82, 2.24) is 9.78 Å². The van der Waals surface area contributed by atoms with Gasteiger partial charge in [0.2, 0.25) is 0 Å². The first-order chi connectivity index (χ1) is 14.0. The molecule has 0 atom stereocenters. The van der Waals surface area contributed by atoms with Gasteiger partial charge in [-0.15, -0.1) is 0 Å². The minimum Gasteiger partial charge on any atom is -0.444 e. The normalized spacial score (nSPS) is 16.4. The highest BCUT2D eigenvalue weighted by atomic mass is 32.2. The maximum absolute atomic E-state index is 12.4. The highest BCUT2D eigenvalue weighted by molar-refractivity contribution is 7.86. The second-order valence-corrected chi connectivity index (χ2v) is 10.2. The summed E-state index contributed by atoms with van der Waals surface area (Å²) in [6.45, 7) is 5.99. The van der Waals surface area contributed by atoms with Gasteiger partial charge in [-0.05, 0) is 52.0 Å². The largest absolute Gasteiger partial charge is 0.444 e. The van der Waals surface area contributed by atoms with E-state index in [0.29, 0.717) is 24.4 Å². The number of nitrogens with one attached hydrogen (secondary N) is 1. The summed E-state index contributed by atoms with van der Waals surface area (Å²) in [5.74, 6) is 0.430. The van der Waals surface area contributed by atoms with Gasteiger partial charge in [-0.2, -0.15) is 13.5 Å². The Morgan fingerprint density at radius 2 is 1.83 bits per heavy atom. The maximum Gasteiger partial charge on any atom is 0.413 e. The van der Waals surface area contributed by atoms with Crippen LogP contribution in [0.25, 0.3) is 0 Å². The molecule has 1 fully saturated rings. The number of rotatable bonds is 6. The number of carbonyl (C=O) groups excluding carboxylic acids is 1. The molecule has 0 saturated heterocycles. The van der Waals surface area contributed by atoms with E-state index >= 15 is 0 Å². The Morgan fingerprint density at radius 1 is 1.20 bits per heavy atom. The van der Waals surface area contributed by atoms with E-state index in [4.69, 9.17) is 8.92 Å². The minimum absolute atomic E-state index is 0.143. The van der Waals surface area contributed by atoms with Crippen molar-refractivity contribution in [3.05, 3.63) is 47.7 Å². The quantitative estimate of drug-likeness (QED) is 0.685. The van der Waals surface area contributed by atoms with Crippen LogP contribution in [0.4, 0.5) is 10.6 Å². The summed E-state index contributed by atoms with van der Waals surface area (Å²) >= 11 is 0. The average Bonchev–Trinajstić information content (AvgIpc) is 3.27. The Labute approximate surface area is 177 Å². The van der Waals surface area contributed by atoms with Crippen molar-refractivity contribution in [1.29, 1.82) is 0 Å². The number of anilines is 1. The number of nitrogens with zero attached hydrogens (tertiary/aromatic N) is 2. The molecule has 1 aromatic carbocycles. The minimum atomic E-state index is -3.68. The summed E-state index contributed by atoms with van der Waals surface area (Å²) in [6.07, 6.45) is 3.24. The monoisotopic (exact) mass is 435 g/mol. The third-order valence-corrected chi connectivity index (χ3v) is 5.60. The van der Waals surface area contributed by atoms with Gasteiger partial charge in [-0.3, -0.25) is 9.50 Å². The van der Waals surface area contributed by atoms with Crippen LogP contribution in [0.1, 0.15) is 57.7 Å². The Balaban J connectivity index is 1.85. The zero-order valence-corrected chi connectivity index (χ0v) is 18.7. The summed E-state index contributed by atoms with van der Waals surface area (Å²) in [6, 6.07) is 11.1. The van der Waals surface area contributed by atoms with Crippen LogP contribution in [0.2, 0.25) is 0 Å². The van der Waals surface area contributed by atoms with Crippen LogP contribution >= 0.6 is 0 Å². The molecule has 1 aromatic heterocycles. The number of hydrogen-bond acceptors (Lipinski definition) is 6. The highest BCUT2D eigenvalue weighted by Crippen LogP contribution is 2.43. The molecule has 8 nitrogen and oxygen atoms in total. The lowest BCUT2D eigenvalue weighted by Crippen LogP contribution is -2.31. The molecule has 0 spiro atoms. The molecule has 1 N–H and O–H groups in total. The molecule has 1 saturated carbocycles. The second kappa shape index (κ2) is 8.39. The van der Waals surface area contributed by atoms with Crippen molar-refractivity contribution in [2.45, 2.75) is 64.2 Å². The first-order valence-corrected chi connectivity index (χ1v) is 11.8. The third kappa shape index (κ3) is 5.40. The Kier molecular flexibility index (Phi) is 6.24. The lowest BCUT2D eigenvalue weighted by Gasteiger charge is -2.26. The number of carbonyl (C=O) groups is 1. The van der Waals surface area contributed by atoms with E-state index in [9.17, 15) is 13.2 Å². The Morgan fingerprint density at radius 3 is 2.40 bits per heavy atom. The standard InChI is InChI=1S/C21H29N3O5S/c1-20(2,3)24-18(22-19(25)28-15-16-10-6-5-7-11-16)14-17(23-24)21(12-8-9-13-21)29-30(4,26)27/h5-7,10-11,14H,8-9,12-13,15H2,1-4H3,(H,22,25). The van der Waals surface area contributed by atoms with Gasteiger partial charge in [0.15, 0.2) is 0 Å². The molecule has 0 radical (unpaired) electrons. The van der Waals surface area contributed by atoms with Crippen LogP contribution in [0.5, 0.6) is 0 Å². The van der Waals surface area contributed by atoms with Gasteiger partial charge in [0, 0.05) is 6.07 Å². The van der Waals surface area contributed by atoms with Crippen LogP contribution in [0.3, 0.4) is 0 Å². The van der Waals surface area contributed by atoms with Gasteiger partial charge in [-0.25, -0.2) is 9.48 Å². The summed E-state index contributed by atoms with van der Waals surface area (Å²) in [5, 5.41) is 7.39. The Hall–Kier alpha value is -2.39. The fourth-order valence-electron chi connectivity index (χ4n) is 3.69. The smallest absolute Gasteiger partial charge is 0.413 e. The van der Waals surface area contributed by atoms with Crippen LogP contribution in [-0.2, 0) is 36.8 Å². The van der Waals surface area contributed by atoms with Crippen LogP contribution < -0.4 is 5.32 Å². The molecule has 9 heteroatoms. The van der Waals surface area contributed by atoms with Crippen LogP contribution in [0, 0.1) is 0 Å². The molecular formula is C21H29N3O5S. The Bertz CT molecular complexity index is 987. The fourth-order valence-corrected chi connectivity index (χ4v) is 4.52. The van der Waals surface area contributed by atoms with Gasteiger partial charge < -0.3 is 4.74 Å². The van der Waals surface area contributed by atoms with E-state index in [1.807, 2.05) is 51.1 Å². The van der Waals surface area contributed by atoms with Crippen molar-refractivity contribution in [3.63, 3.8) is 0 Å². The topological polar surface area (TPSA) is 99.5 Å². The number of benzene rings is 1.